The second kappa shape index (κ2) is 10.1. The van der Waals surface area contributed by atoms with Gasteiger partial charge in [0.15, 0.2) is 11.5 Å². The zero-order valence-electron chi connectivity index (χ0n) is 16.6. The van der Waals surface area contributed by atoms with E-state index in [1.54, 1.807) is 48.4 Å². The lowest BCUT2D eigenvalue weighted by atomic mass is 10.3. The molecule has 162 valence electrons. The Morgan fingerprint density at radius 1 is 1.03 bits per heavy atom. The summed E-state index contributed by atoms with van der Waals surface area (Å²) in [5.41, 5.74) is 0. The molecule has 1 saturated heterocycles. The molecule has 1 aliphatic heterocycles. The van der Waals surface area contributed by atoms with Crippen LogP contribution in [0.3, 0.4) is 0 Å². The maximum Gasteiger partial charge on any atom is 0.317 e. The van der Waals surface area contributed by atoms with Crippen molar-refractivity contribution >= 4 is 32.0 Å². The predicted molar refractivity (Wildman–Crippen MR) is 116 cm³/mol. The van der Waals surface area contributed by atoms with E-state index in [2.05, 4.69) is 21.2 Å². The smallest absolute Gasteiger partial charge is 0.317 e. The minimum atomic E-state index is -3.60. The first-order valence-corrected chi connectivity index (χ1v) is 11.7. The molecule has 0 spiro atoms. The lowest BCUT2D eigenvalue weighted by Crippen LogP contribution is -2.53. The predicted octanol–water partition coefficient (Wildman–Crippen LogP) is 2.55. The first-order valence-electron chi connectivity index (χ1n) is 9.47. The first kappa shape index (κ1) is 22.4. The molecule has 0 bridgehead atoms. The molecule has 0 aromatic heterocycles. The fourth-order valence-corrected chi connectivity index (χ4v) is 5.48. The Bertz CT molecular complexity index is 978. The van der Waals surface area contributed by atoms with Crippen molar-refractivity contribution in [3.63, 3.8) is 0 Å². The number of benzene rings is 2. The molecular formula is C20H24BrN3O5S. The van der Waals surface area contributed by atoms with Gasteiger partial charge in [-0.05, 0) is 40.2 Å². The van der Waals surface area contributed by atoms with Crippen molar-refractivity contribution in [3.8, 4) is 11.5 Å². The molecule has 3 rings (SSSR count). The quantitative estimate of drug-likeness (QED) is 0.593. The Morgan fingerprint density at radius 3 is 2.33 bits per heavy atom. The standard InChI is InChI=1S/C20H24BrN3O5S/c1-28-17-7-3-4-8-18(17)29-15-10-22-20(25)23-11-13-24(14-12-23)30(26,27)19-9-5-2-6-16(19)21/h2-9H,10-15H2,1H3,(H,22,25). The van der Waals surface area contributed by atoms with Crippen LogP contribution in [0.4, 0.5) is 4.79 Å². The number of sulfonamides is 1. The number of hydrogen-bond acceptors (Lipinski definition) is 5. The Kier molecular flexibility index (Phi) is 7.57. The van der Waals surface area contributed by atoms with Gasteiger partial charge < -0.3 is 19.7 Å². The van der Waals surface area contributed by atoms with Crippen molar-refractivity contribution in [1.29, 1.82) is 0 Å². The number of carbonyl (C=O) groups is 1. The number of nitrogens with one attached hydrogen (secondary N) is 1. The monoisotopic (exact) mass is 497 g/mol. The van der Waals surface area contributed by atoms with Crippen LogP contribution in [-0.4, -0.2) is 70.1 Å². The van der Waals surface area contributed by atoms with E-state index in [0.29, 0.717) is 42.2 Å². The molecule has 0 aliphatic carbocycles. The molecule has 2 amide bonds. The van der Waals surface area contributed by atoms with Crippen molar-refractivity contribution in [1.82, 2.24) is 14.5 Å². The van der Waals surface area contributed by atoms with E-state index in [9.17, 15) is 13.2 Å². The summed E-state index contributed by atoms with van der Waals surface area (Å²) in [6.07, 6.45) is 0. The molecule has 0 radical (unpaired) electrons. The molecule has 1 aliphatic rings. The molecule has 0 saturated carbocycles. The molecule has 0 unspecified atom stereocenters. The number of ether oxygens (including phenoxy) is 2. The van der Waals surface area contributed by atoms with Gasteiger partial charge in [-0.1, -0.05) is 24.3 Å². The minimum absolute atomic E-state index is 0.233. The normalized spacial score (nSPS) is 14.9. The number of nitrogens with zero attached hydrogens (tertiary/aromatic N) is 2. The second-order valence-electron chi connectivity index (χ2n) is 6.55. The maximum absolute atomic E-state index is 12.8. The number of methoxy groups -OCH3 is 1. The summed E-state index contributed by atoms with van der Waals surface area (Å²) in [7, 11) is -2.03. The van der Waals surface area contributed by atoms with Gasteiger partial charge in [-0.15, -0.1) is 0 Å². The Morgan fingerprint density at radius 2 is 1.67 bits per heavy atom. The number of halogens is 1. The second-order valence-corrected chi connectivity index (χ2v) is 9.31. The number of piperazine rings is 1. The zero-order valence-corrected chi connectivity index (χ0v) is 19.0. The van der Waals surface area contributed by atoms with E-state index in [-0.39, 0.29) is 24.0 Å². The molecule has 2 aromatic carbocycles. The van der Waals surface area contributed by atoms with Crippen LogP contribution in [0.5, 0.6) is 11.5 Å². The van der Waals surface area contributed by atoms with Crippen LogP contribution in [0.25, 0.3) is 0 Å². The fraction of sp³-hybridized carbons (Fsp3) is 0.350. The molecule has 1 fully saturated rings. The lowest BCUT2D eigenvalue weighted by molar-refractivity contribution is 0.170. The van der Waals surface area contributed by atoms with E-state index in [0.717, 1.165) is 0 Å². The van der Waals surface area contributed by atoms with Gasteiger partial charge >= 0.3 is 6.03 Å². The fourth-order valence-electron chi connectivity index (χ4n) is 3.09. The van der Waals surface area contributed by atoms with Crippen molar-refractivity contribution in [2.45, 2.75) is 4.90 Å². The Hall–Kier alpha value is -2.30. The van der Waals surface area contributed by atoms with Crippen molar-refractivity contribution in [2.75, 3.05) is 46.4 Å². The average molecular weight is 498 g/mol. The molecule has 10 heteroatoms. The number of rotatable bonds is 7. The summed E-state index contributed by atoms with van der Waals surface area (Å²) in [6, 6.07) is 13.8. The molecule has 30 heavy (non-hydrogen) atoms. The average Bonchev–Trinajstić information content (AvgIpc) is 2.77. The zero-order chi connectivity index (χ0) is 21.6. The summed E-state index contributed by atoms with van der Waals surface area (Å²) in [5, 5.41) is 2.80. The molecule has 1 N–H and O–H groups in total. The van der Waals surface area contributed by atoms with E-state index >= 15 is 0 Å². The van der Waals surface area contributed by atoms with Gasteiger partial charge in [-0.25, -0.2) is 13.2 Å². The van der Waals surface area contributed by atoms with Crippen LogP contribution in [0, 0.1) is 0 Å². The van der Waals surface area contributed by atoms with E-state index in [1.807, 2.05) is 12.1 Å². The number of carbonyl (C=O) groups excluding carboxylic acids is 1. The van der Waals surface area contributed by atoms with Crippen LogP contribution in [0.2, 0.25) is 0 Å². The van der Waals surface area contributed by atoms with Gasteiger partial charge in [0.05, 0.1) is 18.6 Å². The number of urea groups is 1. The van der Waals surface area contributed by atoms with Crippen molar-refractivity contribution in [2.24, 2.45) is 0 Å². The highest BCUT2D eigenvalue weighted by molar-refractivity contribution is 9.10. The molecule has 0 atom stereocenters. The van der Waals surface area contributed by atoms with Crippen LogP contribution >= 0.6 is 15.9 Å². The van der Waals surface area contributed by atoms with Crippen LogP contribution in [0.1, 0.15) is 0 Å². The summed E-state index contributed by atoms with van der Waals surface area (Å²) < 4.78 is 38.5. The van der Waals surface area contributed by atoms with Gasteiger partial charge in [-0.3, -0.25) is 0 Å². The van der Waals surface area contributed by atoms with Crippen LogP contribution < -0.4 is 14.8 Å². The Labute approximate surface area is 184 Å². The van der Waals surface area contributed by atoms with Crippen molar-refractivity contribution < 1.29 is 22.7 Å². The minimum Gasteiger partial charge on any atom is -0.493 e. The number of amides is 2. The van der Waals surface area contributed by atoms with Crippen molar-refractivity contribution in [3.05, 3.63) is 53.0 Å². The molecular weight excluding hydrogens is 474 g/mol. The third-order valence-electron chi connectivity index (χ3n) is 4.69. The van der Waals surface area contributed by atoms with Gasteiger partial charge in [0.2, 0.25) is 10.0 Å². The lowest BCUT2D eigenvalue weighted by Gasteiger charge is -2.34. The summed E-state index contributed by atoms with van der Waals surface area (Å²) in [5.74, 6) is 1.24. The van der Waals surface area contributed by atoms with Gasteiger partial charge in [0.25, 0.3) is 0 Å². The highest BCUT2D eigenvalue weighted by atomic mass is 79.9. The summed E-state index contributed by atoms with van der Waals surface area (Å²) in [4.78, 5) is 14.2. The van der Waals surface area contributed by atoms with Gasteiger partial charge in [-0.2, -0.15) is 4.31 Å². The topological polar surface area (TPSA) is 88.2 Å². The number of para-hydroxylation sites is 2. The Balaban J connectivity index is 1.46. The summed E-state index contributed by atoms with van der Waals surface area (Å²) >= 11 is 3.29. The third kappa shape index (κ3) is 5.24. The van der Waals surface area contributed by atoms with Gasteiger partial charge in [0, 0.05) is 30.7 Å². The number of hydrogen-bond donors (Lipinski definition) is 1. The molecule has 8 nitrogen and oxygen atoms in total. The molecule has 1 heterocycles. The van der Waals surface area contributed by atoms with E-state index in [4.69, 9.17) is 9.47 Å². The van der Waals surface area contributed by atoms with E-state index in [1.165, 1.54) is 4.31 Å². The van der Waals surface area contributed by atoms with E-state index < -0.39 is 10.0 Å². The maximum atomic E-state index is 12.8. The summed E-state index contributed by atoms with van der Waals surface area (Å²) in [6.45, 7) is 1.75. The third-order valence-corrected chi connectivity index (χ3v) is 7.60. The van der Waals surface area contributed by atoms with Crippen LogP contribution in [0.15, 0.2) is 57.9 Å². The van der Waals surface area contributed by atoms with Crippen LogP contribution in [-0.2, 0) is 10.0 Å². The first-order chi connectivity index (χ1) is 14.4. The van der Waals surface area contributed by atoms with Gasteiger partial charge in [0.1, 0.15) is 6.61 Å². The largest absolute Gasteiger partial charge is 0.493 e. The highest BCUT2D eigenvalue weighted by Gasteiger charge is 2.31. The molecule has 2 aromatic rings. The highest BCUT2D eigenvalue weighted by Crippen LogP contribution is 2.26. The SMILES string of the molecule is COc1ccccc1OCCNC(=O)N1CCN(S(=O)(=O)c2ccccc2Br)CC1.